The van der Waals surface area contributed by atoms with E-state index < -0.39 is 18.0 Å². The number of allylic oxidation sites excluding steroid dienone is 1. The predicted molar refractivity (Wildman–Crippen MR) is 141 cm³/mol. The monoisotopic (exact) mass is 510 g/mol. The molecule has 198 valence electrons. The van der Waals surface area contributed by atoms with E-state index in [4.69, 9.17) is 14.2 Å². The van der Waals surface area contributed by atoms with Crippen molar-refractivity contribution in [2.75, 3.05) is 38.0 Å². The smallest absolute Gasteiger partial charge is 0.338 e. The highest BCUT2D eigenvalue weighted by Crippen LogP contribution is 2.32. The van der Waals surface area contributed by atoms with Crippen LogP contribution in [0.5, 0.6) is 11.5 Å². The minimum Gasteiger partial charge on any atom is -0.497 e. The summed E-state index contributed by atoms with van der Waals surface area (Å²) in [5.41, 5.74) is 2.65. The second kappa shape index (κ2) is 12.2. The molecule has 0 radical (unpaired) electrons. The van der Waals surface area contributed by atoms with E-state index >= 15 is 0 Å². The molecule has 0 saturated carbocycles. The zero-order chi connectivity index (χ0) is 27.1. The molecule has 0 aromatic heterocycles. The van der Waals surface area contributed by atoms with Gasteiger partial charge in [-0.25, -0.2) is 14.4 Å². The maximum atomic E-state index is 13.0. The molecule has 1 unspecified atom stereocenters. The Kier molecular flexibility index (Phi) is 9.00. The minimum atomic E-state index is -0.679. The first kappa shape index (κ1) is 27.4. The summed E-state index contributed by atoms with van der Waals surface area (Å²) in [4.78, 5) is 39.7. The highest BCUT2D eigenvalue weighted by atomic mass is 16.5. The number of ether oxygens (including phenoxy) is 3. The van der Waals surface area contributed by atoms with Crippen LogP contribution in [0, 0.1) is 5.92 Å². The quantitative estimate of drug-likeness (QED) is 0.413. The molecule has 0 spiro atoms. The van der Waals surface area contributed by atoms with E-state index in [0.717, 1.165) is 0 Å². The Bertz CT molecular complexity index is 1150. The second-order valence-electron chi connectivity index (χ2n) is 8.92. The largest absolute Gasteiger partial charge is 0.497 e. The Balaban J connectivity index is 1.78. The molecule has 10 heteroatoms. The highest BCUT2D eigenvalue weighted by molar-refractivity contribution is 6.00. The molecule has 4 amide bonds. The fraction of sp³-hybridized carbons (Fsp3) is 0.370. The summed E-state index contributed by atoms with van der Waals surface area (Å²) < 4.78 is 16.0. The summed E-state index contributed by atoms with van der Waals surface area (Å²) >= 11 is 0. The maximum Gasteiger partial charge on any atom is 0.338 e. The number of hydrogen-bond acceptors (Lipinski definition) is 6. The van der Waals surface area contributed by atoms with Crippen LogP contribution in [0.2, 0.25) is 0 Å². The first-order valence-corrected chi connectivity index (χ1v) is 12.0. The van der Waals surface area contributed by atoms with E-state index in [1.165, 1.54) is 19.1 Å². The van der Waals surface area contributed by atoms with Gasteiger partial charge < -0.3 is 30.2 Å². The van der Waals surface area contributed by atoms with Crippen molar-refractivity contribution in [1.82, 2.24) is 10.2 Å². The first-order valence-electron chi connectivity index (χ1n) is 12.0. The van der Waals surface area contributed by atoms with Crippen molar-refractivity contribution >= 4 is 29.4 Å². The molecule has 3 rings (SSSR count). The van der Waals surface area contributed by atoms with E-state index in [9.17, 15) is 14.4 Å². The van der Waals surface area contributed by atoms with Crippen LogP contribution in [-0.4, -0.2) is 50.3 Å². The summed E-state index contributed by atoms with van der Waals surface area (Å²) in [7, 11) is 3.06. The summed E-state index contributed by atoms with van der Waals surface area (Å²) in [5.74, 6) is 0.797. The highest BCUT2D eigenvalue weighted by Gasteiger charge is 2.36. The van der Waals surface area contributed by atoms with Crippen molar-refractivity contribution in [1.29, 1.82) is 0 Å². The van der Waals surface area contributed by atoms with Gasteiger partial charge in [0.2, 0.25) is 0 Å². The molecule has 0 fully saturated rings. The first-order chi connectivity index (χ1) is 17.7. The van der Waals surface area contributed by atoms with Crippen molar-refractivity contribution in [3.8, 4) is 11.5 Å². The molecule has 2 aromatic rings. The van der Waals surface area contributed by atoms with Gasteiger partial charge in [-0.3, -0.25) is 4.90 Å². The van der Waals surface area contributed by atoms with Crippen LogP contribution in [0.3, 0.4) is 0 Å². The fourth-order valence-corrected chi connectivity index (χ4v) is 3.93. The number of anilines is 2. The second-order valence-corrected chi connectivity index (χ2v) is 8.92. The van der Waals surface area contributed by atoms with Gasteiger partial charge in [-0.15, -0.1) is 0 Å². The fourth-order valence-electron chi connectivity index (χ4n) is 3.93. The number of hydrogen-bond donors (Lipinski definition) is 3. The van der Waals surface area contributed by atoms with Gasteiger partial charge in [-0.2, -0.15) is 0 Å². The molecule has 1 aliphatic heterocycles. The number of nitrogens with zero attached hydrogens (tertiary/aromatic N) is 1. The van der Waals surface area contributed by atoms with Crippen LogP contribution >= 0.6 is 0 Å². The summed E-state index contributed by atoms with van der Waals surface area (Å²) in [6, 6.07) is 10.5. The summed E-state index contributed by atoms with van der Waals surface area (Å²) in [5, 5.41) is 8.41. The summed E-state index contributed by atoms with van der Waals surface area (Å²) in [6.07, 6.45) is 0. The lowest BCUT2D eigenvalue weighted by Crippen LogP contribution is -2.47. The van der Waals surface area contributed by atoms with Crippen molar-refractivity contribution < 1.29 is 28.6 Å². The predicted octanol–water partition coefficient (Wildman–Crippen LogP) is 4.91. The molecule has 2 aromatic carbocycles. The Hall–Kier alpha value is -4.21. The molecule has 0 aliphatic carbocycles. The number of carbonyl (C=O) groups excluding carboxylic acids is 3. The van der Waals surface area contributed by atoms with Crippen molar-refractivity contribution in [3.05, 3.63) is 59.3 Å². The third kappa shape index (κ3) is 6.72. The van der Waals surface area contributed by atoms with E-state index in [1.807, 2.05) is 20.8 Å². The van der Waals surface area contributed by atoms with Crippen LogP contribution in [-0.2, 0) is 9.53 Å². The lowest BCUT2D eigenvalue weighted by atomic mass is 9.94. The maximum absolute atomic E-state index is 13.0. The lowest BCUT2D eigenvalue weighted by Gasteiger charge is -2.35. The van der Waals surface area contributed by atoms with Crippen LogP contribution in [0.1, 0.15) is 39.3 Å². The normalized spacial score (nSPS) is 15.3. The average Bonchev–Trinajstić information content (AvgIpc) is 2.87. The number of urea groups is 2. The zero-order valence-corrected chi connectivity index (χ0v) is 22.0. The Morgan fingerprint density at radius 3 is 2.14 bits per heavy atom. The van der Waals surface area contributed by atoms with Gasteiger partial charge in [0.1, 0.15) is 11.5 Å². The van der Waals surface area contributed by atoms with Crippen molar-refractivity contribution in [3.63, 3.8) is 0 Å². The van der Waals surface area contributed by atoms with Gasteiger partial charge in [0.05, 0.1) is 32.4 Å². The molecule has 1 atom stereocenters. The SMILES string of the molecule is CCN1C(=O)NC(c2ccc(NC(=O)Nc3cc(OC)cc(OC)c3)cc2)C(C(=O)OCC(C)C)=C1C. The Morgan fingerprint density at radius 1 is 1.00 bits per heavy atom. The van der Waals surface area contributed by atoms with Gasteiger partial charge in [-0.05, 0) is 37.5 Å². The molecule has 1 aliphatic rings. The number of amides is 4. The summed E-state index contributed by atoms with van der Waals surface area (Å²) in [6.45, 7) is 8.20. The van der Waals surface area contributed by atoms with E-state index in [0.29, 0.717) is 46.3 Å². The van der Waals surface area contributed by atoms with E-state index in [1.54, 1.807) is 49.4 Å². The van der Waals surface area contributed by atoms with Gasteiger partial charge >= 0.3 is 18.0 Å². The lowest BCUT2D eigenvalue weighted by molar-refractivity contribution is -0.140. The van der Waals surface area contributed by atoms with Crippen molar-refractivity contribution in [2.45, 2.75) is 33.7 Å². The number of rotatable bonds is 9. The van der Waals surface area contributed by atoms with Gasteiger partial charge in [-0.1, -0.05) is 26.0 Å². The number of nitrogens with one attached hydrogen (secondary N) is 3. The molecule has 0 bridgehead atoms. The molecule has 0 saturated heterocycles. The molecule has 3 N–H and O–H groups in total. The van der Waals surface area contributed by atoms with Crippen molar-refractivity contribution in [2.24, 2.45) is 5.92 Å². The minimum absolute atomic E-state index is 0.179. The molecular formula is C27H34N4O6. The molecular weight excluding hydrogens is 476 g/mol. The number of carbonyl (C=O) groups is 3. The Morgan fingerprint density at radius 2 is 1.59 bits per heavy atom. The van der Waals surface area contributed by atoms with Gasteiger partial charge in [0, 0.05) is 41.8 Å². The van der Waals surface area contributed by atoms with Crippen LogP contribution < -0.4 is 25.4 Å². The van der Waals surface area contributed by atoms with Crippen LogP contribution in [0.4, 0.5) is 21.0 Å². The third-order valence-corrected chi connectivity index (χ3v) is 5.79. The zero-order valence-electron chi connectivity index (χ0n) is 22.0. The molecule has 10 nitrogen and oxygen atoms in total. The number of benzene rings is 2. The van der Waals surface area contributed by atoms with E-state index in [2.05, 4.69) is 16.0 Å². The van der Waals surface area contributed by atoms with Gasteiger partial charge in [0.15, 0.2) is 0 Å². The molecule has 1 heterocycles. The topological polar surface area (TPSA) is 118 Å². The Labute approximate surface area is 217 Å². The molecule has 37 heavy (non-hydrogen) atoms. The van der Waals surface area contributed by atoms with Crippen LogP contribution in [0.25, 0.3) is 0 Å². The number of methoxy groups -OCH3 is 2. The standard InChI is InChI=1S/C27H34N4O6/c1-7-31-17(4)23(25(32)37-15-16(2)3)24(30-27(31)34)18-8-10-19(11-9-18)28-26(33)29-20-12-21(35-5)14-22(13-20)36-6/h8-14,16,24H,7,15H2,1-6H3,(H,30,34)(H2,28,29,33). The number of esters is 1. The third-order valence-electron chi connectivity index (χ3n) is 5.79. The average molecular weight is 511 g/mol. The van der Waals surface area contributed by atoms with E-state index in [-0.39, 0.29) is 18.6 Å². The van der Waals surface area contributed by atoms with Crippen LogP contribution in [0.15, 0.2) is 53.7 Å². The van der Waals surface area contributed by atoms with Gasteiger partial charge in [0.25, 0.3) is 0 Å².